The lowest BCUT2D eigenvalue weighted by atomic mass is 10.0. The van der Waals surface area contributed by atoms with E-state index >= 15 is 0 Å². The van der Waals surface area contributed by atoms with E-state index in [2.05, 4.69) is 16.0 Å². The monoisotopic (exact) mass is 476 g/mol. The Morgan fingerprint density at radius 2 is 1.51 bits per heavy atom. The molecule has 8 heteroatoms. The maximum absolute atomic E-state index is 13.2. The van der Waals surface area contributed by atoms with E-state index < -0.39 is 0 Å². The van der Waals surface area contributed by atoms with E-state index in [-0.39, 0.29) is 5.91 Å². The van der Waals surface area contributed by atoms with Gasteiger partial charge < -0.3 is 24.0 Å². The van der Waals surface area contributed by atoms with E-state index in [0.717, 1.165) is 34.2 Å². The number of carbonyl (C=O) groups is 1. The number of ether oxygens (including phenoxy) is 3. The van der Waals surface area contributed by atoms with E-state index in [1.165, 1.54) is 0 Å². The van der Waals surface area contributed by atoms with Gasteiger partial charge in [0.05, 0.1) is 21.3 Å². The summed E-state index contributed by atoms with van der Waals surface area (Å²) in [5, 5.41) is 0. The Morgan fingerprint density at radius 1 is 0.857 bits per heavy atom. The lowest BCUT2D eigenvalue weighted by Crippen LogP contribution is -2.49. The Morgan fingerprint density at radius 3 is 2.14 bits per heavy atom. The molecule has 0 radical (unpaired) electrons. The minimum atomic E-state index is -0.0338. The van der Waals surface area contributed by atoms with Gasteiger partial charge in [0.15, 0.2) is 0 Å². The molecule has 1 aliphatic rings. The van der Waals surface area contributed by atoms with Gasteiger partial charge in [-0.1, -0.05) is 12.1 Å². The molecule has 1 saturated heterocycles. The van der Waals surface area contributed by atoms with Crippen molar-refractivity contribution in [3.8, 4) is 17.2 Å². The predicted octanol–water partition coefficient (Wildman–Crippen LogP) is 3.67. The van der Waals surface area contributed by atoms with Crippen molar-refractivity contribution in [1.82, 2.24) is 14.9 Å². The van der Waals surface area contributed by atoms with Crippen LogP contribution in [0.4, 0.5) is 5.82 Å². The highest BCUT2D eigenvalue weighted by molar-refractivity contribution is 5.95. The van der Waals surface area contributed by atoms with Crippen molar-refractivity contribution in [2.24, 2.45) is 0 Å². The smallest absolute Gasteiger partial charge is 0.254 e. The summed E-state index contributed by atoms with van der Waals surface area (Å²) in [6.07, 6.45) is 0.710. The topological polar surface area (TPSA) is 77.0 Å². The van der Waals surface area contributed by atoms with Gasteiger partial charge in [-0.05, 0) is 43.7 Å². The number of hydrogen-bond acceptors (Lipinski definition) is 7. The van der Waals surface area contributed by atoms with Gasteiger partial charge >= 0.3 is 0 Å². The average Bonchev–Trinajstić information content (AvgIpc) is 2.89. The third-order valence-electron chi connectivity index (χ3n) is 6.28. The van der Waals surface area contributed by atoms with Crippen LogP contribution in [0.15, 0.2) is 42.5 Å². The molecule has 0 atom stereocenters. The molecule has 2 heterocycles. The number of carbonyl (C=O) groups excluding carboxylic acids is 1. The van der Waals surface area contributed by atoms with Crippen molar-refractivity contribution < 1.29 is 19.0 Å². The molecule has 0 saturated carbocycles. The summed E-state index contributed by atoms with van der Waals surface area (Å²) in [5.74, 6) is 3.67. The number of nitrogens with zero attached hydrogens (tertiary/aromatic N) is 4. The van der Waals surface area contributed by atoms with Crippen molar-refractivity contribution in [2.75, 3.05) is 52.4 Å². The molecule has 1 aromatic heterocycles. The van der Waals surface area contributed by atoms with Gasteiger partial charge in [0, 0.05) is 55.5 Å². The zero-order valence-electron chi connectivity index (χ0n) is 21.0. The van der Waals surface area contributed by atoms with Gasteiger partial charge in [-0.2, -0.15) is 0 Å². The number of amides is 1. The molecule has 1 amide bonds. The fourth-order valence-electron chi connectivity index (χ4n) is 4.41. The molecular weight excluding hydrogens is 444 g/mol. The predicted molar refractivity (Wildman–Crippen MR) is 135 cm³/mol. The number of rotatable bonds is 7. The second kappa shape index (κ2) is 10.6. The number of methoxy groups -OCH3 is 3. The molecule has 1 fully saturated rings. The fraction of sp³-hybridized carbons (Fsp3) is 0.370. The molecule has 0 aliphatic carbocycles. The molecule has 8 nitrogen and oxygen atoms in total. The van der Waals surface area contributed by atoms with Gasteiger partial charge in [0.2, 0.25) is 0 Å². The second-order valence-corrected chi connectivity index (χ2v) is 8.57. The van der Waals surface area contributed by atoms with E-state index in [9.17, 15) is 4.79 Å². The highest BCUT2D eigenvalue weighted by atomic mass is 16.5. The first-order valence-electron chi connectivity index (χ1n) is 11.7. The summed E-state index contributed by atoms with van der Waals surface area (Å²) in [7, 11) is 4.83. The first-order chi connectivity index (χ1) is 16.9. The summed E-state index contributed by atoms with van der Waals surface area (Å²) in [5.41, 5.74) is 3.77. The third-order valence-corrected chi connectivity index (χ3v) is 6.28. The highest BCUT2D eigenvalue weighted by Gasteiger charge is 2.26. The first-order valence-corrected chi connectivity index (χ1v) is 11.7. The van der Waals surface area contributed by atoms with Crippen molar-refractivity contribution in [3.63, 3.8) is 0 Å². The van der Waals surface area contributed by atoms with Crippen LogP contribution in [0.1, 0.15) is 33.0 Å². The van der Waals surface area contributed by atoms with Crippen LogP contribution in [-0.2, 0) is 6.42 Å². The Balaban J connectivity index is 1.53. The molecule has 0 spiro atoms. The van der Waals surface area contributed by atoms with Crippen LogP contribution in [0.25, 0.3) is 0 Å². The summed E-state index contributed by atoms with van der Waals surface area (Å²) in [6.45, 7) is 6.52. The number of benzene rings is 2. The maximum atomic E-state index is 13.2. The maximum Gasteiger partial charge on any atom is 0.254 e. The lowest BCUT2D eigenvalue weighted by molar-refractivity contribution is 0.0745. The standard InChI is InChI=1S/C27H32N4O4/c1-18-25(14-20-7-6-8-22(13-20)33-3)26(29-19(2)28-18)30-9-11-31(12-10-30)27(32)21-15-23(34-4)17-24(16-21)35-5/h6-8,13,15-17H,9-12,14H2,1-5H3. The minimum Gasteiger partial charge on any atom is -0.497 e. The van der Waals surface area contributed by atoms with Crippen molar-refractivity contribution in [2.45, 2.75) is 20.3 Å². The van der Waals surface area contributed by atoms with Crippen molar-refractivity contribution in [1.29, 1.82) is 0 Å². The number of anilines is 1. The molecule has 0 N–H and O–H groups in total. The van der Waals surface area contributed by atoms with Gasteiger partial charge in [-0.25, -0.2) is 9.97 Å². The molecule has 4 rings (SSSR count). The van der Waals surface area contributed by atoms with Crippen LogP contribution in [0.5, 0.6) is 17.2 Å². The van der Waals surface area contributed by atoms with Crippen LogP contribution in [-0.4, -0.2) is 68.3 Å². The molecular formula is C27H32N4O4. The largest absolute Gasteiger partial charge is 0.497 e. The highest BCUT2D eigenvalue weighted by Crippen LogP contribution is 2.28. The van der Waals surface area contributed by atoms with E-state index in [1.54, 1.807) is 39.5 Å². The Bertz CT molecular complexity index is 1180. The van der Waals surface area contributed by atoms with E-state index in [1.807, 2.05) is 36.9 Å². The number of aryl methyl sites for hydroxylation is 2. The summed E-state index contributed by atoms with van der Waals surface area (Å²) < 4.78 is 16.0. The lowest BCUT2D eigenvalue weighted by Gasteiger charge is -2.36. The molecule has 35 heavy (non-hydrogen) atoms. The average molecular weight is 477 g/mol. The van der Waals surface area contributed by atoms with E-state index in [0.29, 0.717) is 49.7 Å². The molecule has 0 unspecified atom stereocenters. The SMILES string of the molecule is COc1cccc(Cc2c(C)nc(C)nc2N2CCN(C(=O)c3cc(OC)cc(OC)c3)CC2)c1. The normalized spacial score (nSPS) is 13.5. The quantitative estimate of drug-likeness (QED) is 0.515. The van der Waals surface area contributed by atoms with Gasteiger partial charge in [0.1, 0.15) is 28.9 Å². The van der Waals surface area contributed by atoms with Crippen molar-refractivity contribution in [3.05, 3.63) is 70.7 Å². The minimum absolute atomic E-state index is 0.0338. The van der Waals surface area contributed by atoms with Crippen LogP contribution in [0, 0.1) is 13.8 Å². The number of hydrogen-bond donors (Lipinski definition) is 0. The fourth-order valence-corrected chi connectivity index (χ4v) is 4.41. The Kier molecular flexibility index (Phi) is 7.39. The summed E-state index contributed by atoms with van der Waals surface area (Å²) in [4.78, 5) is 26.8. The molecule has 3 aromatic rings. The summed E-state index contributed by atoms with van der Waals surface area (Å²) in [6, 6.07) is 13.3. The first kappa shape index (κ1) is 24.3. The molecule has 0 bridgehead atoms. The second-order valence-electron chi connectivity index (χ2n) is 8.57. The molecule has 1 aliphatic heterocycles. The van der Waals surface area contributed by atoms with Gasteiger partial charge in [-0.15, -0.1) is 0 Å². The van der Waals surface area contributed by atoms with Gasteiger partial charge in [-0.3, -0.25) is 4.79 Å². The van der Waals surface area contributed by atoms with Gasteiger partial charge in [0.25, 0.3) is 5.91 Å². The number of aromatic nitrogens is 2. The molecule has 2 aromatic carbocycles. The zero-order valence-corrected chi connectivity index (χ0v) is 21.0. The van der Waals surface area contributed by atoms with Crippen LogP contribution in [0.2, 0.25) is 0 Å². The van der Waals surface area contributed by atoms with Crippen LogP contribution < -0.4 is 19.1 Å². The van der Waals surface area contributed by atoms with Crippen molar-refractivity contribution >= 4 is 11.7 Å². The third kappa shape index (κ3) is 5.48. The van der Waals surface area contributed by atoms with Crippen LogP contribution in [0.3, 0.4) is 0 Å². The Labute approximate surface area is 206 Å². The molecule has 184 valence electrons. The Hall–Kier alpha value is -3.81. The number of piperazine rings is 1. The van der Waals surface area contributed by atoms with Crippen LogP contribution >= 0.6 is 0 Å². The summed E-state index contributed by atoms with van der Waals surface area (Å²) >= 11 is 0. The van der Waals surface area contributed by atoms with E-state index in [4.69, 9.17) is 19.2 Å². The zero-order chi connectivity index (χ0) is 24.9.